The van der Waals surface area contributed by atoms with Gasteiger partial charge in [0.2, 0.25) is 5.91 Å². The molecule has 2 heterocycles. The van der Waals surface area contributed by atoms with E-state index in [-0.39, 0.29) is 11.8 Å². The van der Waals surface area contributed by atoms with E-state index in [1.165, 1.54) is 89.0 Å². The van der Waals surface area contributed by atoms with E-state index in [2.05, 4.69) is 20.5 Å². The first kappa shape index (κ1) is 20.4. The highest BCUT2D eigenvalue weighted by Gasteiger charge is 2.24. The van der Waals surface area contributed by atoms with Crippen molar-refractivity contribution < 1.29 is 4.79 Å². The SMILES string of the molecule is O=C(Nc1cnc2[nH]ncc2c1C1CCCCCCC1)C1CCCCCCCC1. The van der Waals surface area contributed by atoms with Crippen molar-refractivity contribution in [2.45, 2.75) is 102 Å². The van der Waals surface area contributed by atoms with Crippen LogP contribution in [0.5, 0.6) is 0 Å². The first-order valence-electron chi connectivity index (χ1n) is 12.0. The van der Waals surface area contributed by atoms with Gasteiger partial charge in [-0.15, -0.1) is 0 Å². The van der Waals surface area contributed by atoms with Gasteiger partial charge in [0.25, 0.3) is 0 Å². The molecule has 0 unspecified atom stereocenters. The molecule has 5 heteroatoms. The number of fused-ring (bicyclic) bond motifs is 1. The van der Waals surface area contributed by atoms with Gasteiger partial charge in [0.05, 0.1) is 18.1 Å². The van der Waals surface area contributed by atoms with Gasteiger partial charge in [0.1, 0.15) is 0 Å². The van der Waals surface area contributed by atoms with Gasteiger partial charge in [0, 0.05) is 11.3 Å². The van der Waals surface area contributed by atoms with Crippen molar-refractivity contribution in [3.8, 4) is 0 Å². The van der Waals surface area contributed by atoms with Crippen LogP contribution in [0.1, 0.15) is 108 Å². The Hall–Kier alpha value is -1.91. The number of aromatic nitrogens is 3. The van der Waals surface area contributed by atoms with Crippen molar-refractivity contribution in [1.29, 1.82) is 0 Å². The number of nitrogens with one attached hydrogen (secondary N) is 2. The molecule has 2 aromatic rings. The van der Waals surface area contributed by atoms with Crippen LogP contribution in [0.4, 0.5) is 5.69 Å². The van der Waals surface area contributed by atoms with Crippen LogP contribution in [0.3, 0.4) is 0 Å². The molecule has 0 aromatic carbocycles. The van der Waals surface area contributed by atoms with Crippen molar-refractivity contribution in [3.63, 3.8) is 0 Å². The average Bonchev–Trinajstić information content (AvgIpc) is 3.21. The van der Waals surface area contributed by atoms with Gasteiger partial charge >= 0.3 is 0 Å². The standard InChI is InChI=1S/C24H36N4O/c29-24(19-14-10-4-1-2-5-11-15-19)27-21-17-25-23-20(16-26-28-23)22(21)18-12-8-6-3-7-9-13-18/h16-19H,1-15H2,(H,27,29)(H,25,26,28). The summed E-state index contributed by atoms with van der Waals surface area (Å²) in [7, 11) is 0. The fourth-order valence-corrected chi connectivity index (χ4v) is 5.33. The Morgan fingerprint density at radius 3 is 2.07 bits per heavy atom. The predicted octanol–water partition coefficient (Wildman–Crippen LogP) is 6.47. The van der Waals surface area contributed by atoms with Crippen LogP contribution >= 0.6 is 0 Å². The summed E-state index contributed by atoms with van der Waals surface area (Å²) in [5, 5.41) is 11.7. The average molecular weight is 397 g/mol. The number of hydrogen-bond acceptors (Lipinski definition) is 3. The first-order chi connectivity index (χ1) is 14.3. The number of pyridine rings is 1. The number of carbonyl (C=O) groups is 1. The van der Waals surface area contributed by atoms with E-state index in [0.717, 1.165) is 29.6 Å². The van der Waals surface area contributed by atoms with Crippen molar-refractivity contribution in [2.24, 2.45) is 5.92 Å². The Morgan fingerprint density at radius 2 is 1.41 bits per heavy atom. The normalized spacial score (nSPS) is 21.0. The summed E-state index contributed by atoms with van der Waals surface area (Å²) in [6.45, 7) is 0. The summed E-state index contributed by atoms with van der Waals surface area (Å²) in [6.07, 6.45) is 22.2. The van der Waals surface area contributed by atoms with Crippen LogP contribution in [-0.2, 0) is 4.79 Å². The molecule has 0 spiro atoms. The molecule has 5 nitrogen and oxygen atoms in total. The molecule has 0 atom stereocenters. The highest BCUT2D eigenvalue weighted by molar-refractivity contribution is 5.96. The Kier molecular flexibility index (Phi) is 7.18. The van der Waals surface area contributed by atoms with E-state index < -0.39 is 0 Å². The van der Waals surface area contributed by atoms with Crippen molar-refractivity contribution >= 4 is 22.6 Å². The Labute approximate surface area is 174 Å². The van der Waals surface area contributed by atoms with Crippen molar-refractivity contribution in [2.75, 3.05) is 5.32 Å². The maximum Gasteiger partial charge on any atom is 0.227 e. The van der Waals surface area contributed by atoms with E-state index in [9.17, 15) is 4.79 Å². The van der Waals surface area contributed by atoms with Crippen LogP contribution in [-0.4, -0.2) is 21.1 Å². The van der Waals surface area contributed by atoms with Gasteiger partial charge in [-0.05, 0) is 37.2 Å². The summed E-state index contributed by atoms with van der Waals surface area (Å²) in [6, 6.07) is 0. The molecule has 0 aliphatic heterocycles. The van der Waals surface area contributed by atoms with Crippen LogP contribution in [0.2, 0.25) is 0 Å². The minimum atomic E-state index is 0.137. The molecule has 0 radical (unpaired) electrons. The summed E-state index contributed by atoms with van der Waals surface area (Å²) < 4.78 is 0. The van der Waals surface area contributed by atoms with Crippen LogP contribution in [0.25, 0.3) is 11.0 Å². The zero-order chi connectivity index (χ0) is 19.9. The molecule has 2 aliphatic carbocycles. The number of anilines is 1. The van der Waals surface area contributed by atoms with Gasteiger partial charge < -0.3 is 5.32 Å². The topological polar surface area (TPSA) is 70.7 Å². The summed E-state index contributed by atoms with van der Waals surface area (Å²) in [5.74, 6) is 0.816. The molecule has 4 rings (SSSR count). The van der Waals surface area contributed by atoms with Crippen LogP contribution in [0, 0.1) is 5.92 Å². The molecule has 2 aliphatic rings. The van der Waals surface area contributed by atoms with Crippen molar-refractivity contribution in [3.05, 3.63) is 18.0 Å². The van der Waals surface area contributed by atoms with Gasteiger partial charge in [-0.1, -0.05) is 70.6 Å². The number of aromatic amines is 1. The summed E-state index contributed by atoms with van der Waals surface area (Å²) in [5.41, 5.74) is 3.03. The largest absolute Gasteiger partial charge is 0.324 e. The summed E-state index contributed by atoms with van der Waals surface area (Å²) >= 11 is 0. The van der Waals surface area contributed by atoms with Gasteiger partial charge in [-0.3, -0.25) is 9.89 Å². The lowest BCUT2D eigenvalue weighted by Crippen LogP contribution is -2.24. The van der Waals surface area contributed by atoms with E-state index in [1.54, 1.807) is 0 Å². The minimum Gasteiger partial charge on any atom is -0.324 e. The molecular formula is C24H36N4O. The highest BCUT2D eigenvalue weighted by atomic mass is 16.1. The minimum absolute atomic E-state index is 0.137. The molecule has 2 N–H and O–H groups in total. The monoisotopic (exact) mass is 396 g/mol. The second-order valence-electron chi connectivity index (χ2n) is 9.14. The molecule has 29 heavy (non-hydrogen) atoms. The van der Waals surface area contributed by atoms with Gasteiger partial charge in [-0.2, -0.15) is 5.10 Å². The molecule has 2 fully saturated rings. The number of carbonyl (C=O) groups excluding carboxylic acids is 1. The predicted molar refractivity (Wildman–Crippen MR) is 118 cm³/mol. The Bertz CT molecular complexity index is 781. The third kappa shape index (κ3) is 5.18. The Balaban J connectivity index is 1.58. The fraction of sp³-hybridized carbons (Fsp3) is 0.708. The summed E-state index contributed by atoms with van der Waals surface area (Å²) in [4.78, 5) is 17.8. The quantitative estimate of drug-likeness (QED) is 0.624. The fourth-order valence-electron chi connectivity index (χ4n) is 5.33. The molecular weight excluding hydrogens is 360 g/mol. The smallest absolute Gasteiger partial charge is 0.227 e. The lowest BCUT2D eigenvalue weighted by atomic mass is 9.84. The number of H-pyrrole nitrogens is 1. The molecule has 158 valence electrons. The molecule has 0 bridgehead atoms. The van der Waals surface area contributed by atoms with Crippen LogP contribution in [0.15, 0.2) is 12.4 Å². The van der Waals surface area contributed by atoms with Gasteiger partial charge in [0.15, 0.2) is 5.65 Å². The van der Waals surface area contributed by atoms with Gasteiger partial charge in [-0.25, -0.2) is 4.98 Å². The van der Waals surface area contributed by atoms with E-state index >= 15 is 0 Å². The second kappa shape index (κ2) is 10.2. The molecule has 2 saturated carbocycles. The van der Waals surface area contributed by atoms with E-state index in [0.29, 0.717) is 5.92 Å². The number of amides is 1. The molecule has 2 aromatic heterocycles. The number of nitrogens with zero attached hydrogens (tertiary/aromatic N) is 2. The highest BCUT2D eigenvalue weighted by Crippen LogP contribution is 2.38. The molecule has 0 saturated heterocycles. The van der Waals surface area contributed by atoms with Crippen LogP contribution < -0.4 is 5.32 Å². The van der Waals surface area contributed by atoms with E-state index in [1.807, 2.05) is 12.4 Å². The van der Waals surface area contributed by atoms with E-state index in [4.69, 9.17) is 0 Å². The number of hydrogen-bond donors (Lipinski definition) is 2. The first-order valence-corrected chi connectivity index (χ1v) is 12.0. The zero-order valence-electron chi connectivity index (χ0n) is 17.7. The maximum absolute atomic E-state index is 13.2. The lowest BCUT2D eigenvalue weighted by molar-refractivity contribution is -0.120. The maximum atomic E-state index is 13.2. The van der Waals surface area contributed by atoms with Crippen molar-refractivity contribution in [1.82, 2.24) is 15.2 Å². The molecule has 1 amide bonds. The zero-order valence-corrected chi connectivity index (χ0v) is 17.7. The lowest BCUT2D eigenvalue weighted by Gasteiger charge is -2.24. The third-order valence-electron chi connectivity index (χ3n) is 7.02. The Morgan fingerprint density at radius 1 is 0.828 bits per heavy atom. The number of rotatable bonds is 3. The second-order valence-corrected chi connectivity index (χ2v) is 9.14. The third-order valence-corrected chi connectivity index (χ3v) is 7.02.